The molecule has 0 aliphatic carbocycles. The molecule has 0 aromatic rings. The zero-order valence-corrected chi connectivity index (χ0v) is 2.55. The van der Waals surface area contributed by atoms with Crippen molar-refractivity contribution in [3.63, 3.8) is 0 Å². The zero-order valence-electron chi connectivity index (χ0n) is 2.55. The molecule has 3 heteroatoms. The Hall–Kier alpha value is -0.120. The van der Waals surface area contributed by atoms with Crippen molar-refractivity contribution >= 4 is 0 Å². The van der Waals surface area contributed by atoms with Crippen LogP contribution < -0.4 is 5.32 Å². The predicted molar refractivity (Wildman–Crippen MR) is 15.1 cm³/mol. The fourth-order valence-electron chi connectivity index (χ4n) is 0.119. The molecule has 0 aromatic heterocycles. The van der Waals surface area contributed by atoms with E-state index in [0.29, 0.717) is 0 Å². The van der Waals surface area contributed by atoms with Crippen molar-refractivity contribution in [3.8, 4) is 0 Å². The van der Waals surface area contributed by atoms with Crippen LogP contribution in [0.25, 0.3) is 0 Å². The molecule has 3 N–H and O–H groups in total. The molecule has 5 heavy (non-hydrogen) atoms. The van der Waals surface area contributed by atoms with Gasteiger partial charge >= 0.3 is 0 Å². The van der Waals surface area contributed by atoms with E-state index in [9.17, 15) is 0 Å². The lowest BCUT2D eigenvalue weighted by atomic mass is 10.8. The van der Waals surface area contributed by atoms with Gasteiger partial charge in [-0.3, -0.25) is 5.32 Å². The number of nitrogens with one attached hydrogen (secondary N) is 1. The Kier molecular flexibility index (Phi) is 0.419. The average molecular weight is 75.1 g/mol. The van der Waals surface area contributed by atoms with E-state index in [-0.39, 0.29) is 0 Å². The van der Waals surface area contributed by atoms with Crippen molar-refractivity contribution in [1.82, 2.24) is 5.32 Å². The lowest BCUT2D eigenvalue weighted by molar-refractivity contribution is 0.180. The summed E-state index contributed by atoms with van der Waals surface area (Å²) in [4.78, 5) is 0. The maximum atomic E-state index is 8.07. The van der Waals surface area contributed by atoms with Crippen molar-refractivity contribution in [2.75, 3.05) is 0 Å². The largest absolute Gasteiger partial charge is 0.374 e. The molecule has 0 spiro atoms. The van der Waals surface area contributed by atoms with Crippen LogP contribution in [-0.2, 0) is 0 Å². The van der Waals surface area contributed by atoms with Gasteiger partial charge < -0.3 is 10.2 Å². The standard InChI is InChI=1S/C2H5NO2/c4-1-2(5)3-1/h1-5H. The van der Waals surface area contributed by atoms with Gasteiger partial charge in [0.1, 0.15) is 12.5 Å². The van der Waals surface area contributed by atoms with Gasteiger partial charge in [-0.2, -0.15) is 0 Å². The third-order valence-electron chi connectivity index (χ3n) is 0.531. The van der Waals surface area contributed by atoms with Crippen LogP contribution >= 0.6 is 0 Å². The summed E-state index contributed by atoms with van der Waals surface area (Å²) < 4.78 is 0. The Morgan fingerprint density at radius 1 is 1.20 bits per heavy atom. The Morgan fingerprint density at radius 2 is 1.40 bits per heavy atom. The number of hydrogen-bond donors (Lipinski definition) is 3. The highest BCUT2D eigenvalue weighted by molar-refractivity contribution is 4.76. The first-order chi connectivity index (χ1) is 2.30. The maximum absolute atomic E-state index is 8.07. The summed E-state index contributed by atoms with van der Waals surface area (Å²) in [6, 6.07) is 0. The molecule has 1 saturated heterocycles. The van der Waals surface area contributed by atoms with E-state index in [1.807, 2.05) is 0 Å². The van der Waals surface area contributed by atoms with Gasteiger partial charge in [-0.25, -0.2) is 0 Å². The Labute approximate surface area is 29.2 Å². The van der Waals surface area contributed by atoms with Gasteiger partial charge in [0, 0.05) is 0 Å². The van der Waals surface area contributed by atoms with Gasteiger partial charge in [-0.1, -0.05) is 0 Å². The Balaban J connectivity index is 2.20. The van der Waals surface area contributed by atoms with Crippen molar-refractivity contribution in [2.45, 2.75) is 12.5 Å². The van der Waals surface area contributed by atoms with Crippen molar-refractivity contribution in [1.29, 1.82) is 0 Å². The summed E-state index contributed by atoms with van der Waals surface area (Å²) in [6.07, 6.45) is -1.29. The van der Waals surface area contributed by atoms with Crippen LogP contribution in [0.1, 0.15) is 0 Å². The van der Waals surface area contributed by atoms with Crippen LogP contribution in [0.5, 0.6) is 0 Å². The lowest BCUT2D eigenvalue weighted by Gasteiger charge is -1.64. The summed E-state index contributed by atoms with van der Waals surface area (Å²) in [5.41, 5.74) is 0. The van der Waals surface area contributed by atoms with Crippen LogP contribution in [0.3, 0.4) is 0 Å². The number of rotatable bonds is 0. The molecule has 2 atom stereocenters. The minimum atomic E-state index is -0.644. The molecule has 0 radical (unpaired) electrons. The highest BCUT2D eigenvalue weighted by Crippen LogP contribution is 1.98. The van der Waals surface area contributed by atoms with Gasteiger partial charge in [0.15, 0.2) is 0 Å². The van der Waals surface area contributed by atoms with Crippen LogP contribution in [0.15, 0.2) is 0 Å². The molecular formula is C2H5NO2. The molecule has 3 nitrogen and oxygen atoms in total. The molecule has 0 bridgehead atoms. The molecule has 30 valence electrons. The van der Waals surface area contributed by atoms with E-state index in [1.54, 1.807) is 0 Å². The Bertz CT molecular complexity index is 40.9. The van der Waals surface area contributed by atoms with E-state index in [2.05, 4.69) is 5.32 Å². The highest BCUT2D eigenvalue weighted by atomic mass is 16.4. The van der Waals surface area contributed by atoms with Crippen LogP contribution in [0, 0.1) is 0 Å². The SMILES string of the molecule is OC1NC1O. The topological polar surface area (TPSA) is 62.4 Å². The number of aliphatic hydroxyl groups excluding tert-OH is 2. The summed E-state index contributed by atoms with van der Waals surface area (Å²) in [6.45, 7) is 0. The fraction of sp³-hybridized carbons (Fsp3) is 1.00. The minimum absolute atomic E-state index is 0.644. The van der Waals surface area contributed by atoms with Gasteiger partial charge in [-0.15, -0.1) is 0 Å². The zero-order chi connectivity index (χ0) is 3.86. The average Bonchev–Trinajstić information content (AvgIpc) is 1.79. The molecule has 1 aliphatic rings. The molecule has 1 heterocycles. The van der Waals surface area contributed by atoms with Crippen LogP contribution in [0.2, 0.25) is 0 Å². The molecule has 0 aromatic carbocycles. The fourth-order valence-corrected chi connectivity index (χ4v) is 0.119. The third kappa shape index (κ3) is 0.397. The van der Waals surface area contributed by atoms with Crippen LogP contribution in [0.4, 0.5) is 0 Å². The van der Waals surface area contributed by atoms with Crippen molar-refractivity contribution in [2.24, 2.45) is 0 Å². The normalized spacial score (nSPS) is 49.2. The summed E-state index contributed by atoms with van der Waals surface area (Å²) in [5.74, 6) is 0. The second kappa shape index (κ2) is 0.680. The smallest absolute Gasteiger partial charge is 0.146 e. The van der Waals surface area contributed by atoms with Gasteiger partial charge in [0.25, 0.3) is 0 Å². The minimum Gasteiger partial charge on any atom is -0.374 e. The molecular weight excluding hydrogens is 70.0 g/mol. The number of hydrogen-bond acceptors (Lipinski definition) is 3. The molecule has 0 saturated carbocycles. The first kappa shape index (κ1) is 3.08. The first-order valence-electron chi connectivity index (χ1n) is 1.43. The van der Waals surface area contributed by atoms with E-state index in [0.717, 1.165) is 0 Å². The maximum Gasteiger partial charge on any atom is 0.146 e. The lowest BCUT2D eigenvalue weighted by Crippen LogP contribution is -1.85. The molecule has 0 amide bonds. The first-order valence-corrected chi connectivity index (χ1v) is 1.43. The van der Waals surface area contributed by atoms with Gasteiger partial charge in [0.05, 0.1) is 0 Å². The van der Waals surface area contributed by atoms with E-state index >= 15 is 0 Å². The quantitative estimate of drug-likeness (QED) is 0.298. The molecule has 2 unspecified atom stereocenters. The second-order valence-corrected chi connectivity index (χ2v) is 1.06. The summed E-state index contributed by atoms with van der Waals surface area (Å²) >= 11 is 0. The summed E-state index contributed by atoms with van der Waals surface area (Å²) in [5, 5.41) is 18.5. The van der Waals surface area contributed by atoms with Crippen molar-refractivity contribution in [3.05, 3.63) is 0 Å². The van der Waals surface area contributed by atoms with Crippen molar-refractivity contribution < 1.29 is 10.2 Å². The molecule has 1 rings (SSSR count). The monoisotopic (exact) mass is 75.0 g/mol. The molecule has 1 aliphatic heterocycles. The van der Waals surface area contributed by atoms with E-state index in [4.69, 9.17) is 10.2 Å². The molecule has 1 fully saturated rings. The highest BCUT2D eigenvalue weighted by Gasteiger charge is 2.30. The van der Waals surface area contributed by atoms with Crippen LogP contribution in [-0.4, -0.2) is 22.7 Å². The van der Waals surface area contributed by atoms with E-state index < -0.39 is 12.5 Å². The second-order valence-electron chi connectivity index (χ2n) is 1.06. The van der Waals surface area contributed by atoms with Gasteiger partial charge in [-0.05, 0) is 0 Å². The Morgan fingerprint density at radius 3 is 1.40 bits per heavy atom. The number of aliphatic hydroxyl groups is 2. The predicted octanol–water partition coefficient (Wildman–Crippen LogP) is -1.77. The summed E-state index contributed by atoms with van der Waals surface area (Å²) in [7, 11) is 0. The van der Waals surface area contributed by atoms with E-state index in [1.165, 1.54) is 0 Å². The third-order valence-corrected chi connectivity index (χ3v) is 0.531. The van der Waals surface area contributed by atoms with Gasteiger partial charge in [0.2, 0.25) is 0 Å².